The Morgan fingerprint density at radius 2 is 2.10 bits per heavy atom. The number of H-pyrrole nitrogens is 1. The maximum absolute atomic E-state index is 12.7. The number of aryl methyl sites for hydroxylation is 1. The highest BCUT2D eigenvalue weighted by molar-refractivity contribution is 5.63. The first-order valence-corrected chi connectivity index (χ1v) is 6.37. The number of hydrogen-bond acceptors (Lipinski definition) is 2. The van der Waals surface area contributed by atoms with Crippen molar-refractivity contribution in [2.75, 3.05) is 13.6 Å². The number of nitrogens with one attached hydrogen (secondary N) is 2. The van der Waals surface area contributed by atoms with Crippen LogP contribution in [0.1, 0.15) is 17.5 Å². The van der Waals surface area contributed by atoms with Crippen molar-refractivity contribution in [2.45, 2.75) is 19.0 Å². The normalized spacial score (nSPS) is 11.8. The molecule has 0 saturated carbocycles. The van der Waals surface area contributed by atoms with Gasteiger partial charge in [0.2, 0.25) is 0 Å². The van der Waals surface area contributed by atoms with E-state index in [1.54, 1.807) is 12.3 Å². The molecule has 6 heteroatoms. The lowest BCUT2D eigenvalue weighted by Crippen LogP contribution is -2.08. The van der Waals surface area contributed by atoms with E-state index in [0.717, 1.165) is 37.1 Å². The maximum atomic E-state index is 12.7. The Bertz CT molecular complexity index is 561. The molecule has 0 spiro atoms. The number of aromatic nitrogens is 2. The Balaban J connectivity index is 2.26. The molecule has 0 atom stereocenters. The molecule has 1 aromatic heterocycles. The van der Waals surface area contributed by atoms with E-state index in [0.29, 0.717) is 11.3 Å². The summed E-state index contributed by atoms with van der Waals surface area (Å²) in [7, 11) is 1.86. The van der Waals surface area contributed by atoms with Crippen molar-refractivity contribution in [1.82, 2.24) is 15.5 Å². The second-order valence-electron chi connectivity index (χ2n) is 4.56. The van der Waals surface area contributed by atoms with Crippen LogP contribution in [0.15, 0.2) is 30.5 Å². The number of nitrogens with zero attached hydrogens (tertiary/aromatic N) is 1. The molecule has 1 heterocycles. The van der Waals surface area contributed by atoms with Crippen LogP contribution in [0.25, 0.3) is 11.3 Å². The lowest BCUT2D eigenvalue weighted by atomic mass is 10.0. The van der Waals surface area contributed by atoms with Gasteiger partial charge in [-0.05, 0) is 44.1 Å². The van der Waals surface area contributed by atoms with Gasteiger partial charge in [-0.3, -0.25) is 5.10 Å². The van der Waals surface area contributed by atoms with Gasteiger partial charge in [-0.2, -0.15) is 18.3 Å². The highest BCUT2D eigenvalue weighted by Gasteiger charge is 2.30. The number of halogens is 3. The van der Waals surface area contributed by atoms with Crippen LogP contribution in [0.4, 0.5) is 13.2 Å². The molecule has 108 valence electrons. The molecule has 2 N–H and O–H groups in total. The largest absolute Gasteiger partial charge is 0.416 e. The summed E-state index contributed by atoms with van der Waals surface area (Å²) in [6, 6.07) is 5.29. The van der Waals surface area contributed by atoms with Gasteiger partial charge in [0.1, 0.15) is 0 Å². The van der Waals surface area contributed by atoms with Crippen LogP contribution in [0.3, 0.4) is 0 Å². The van der Waals surface area contributed by atoms with E-state index < -0.39 is 11.7 Å². The smallest absolute Gasteiger partial charge is 0.320 e. The summed E-state index contributed by atoms with van der Waals surface area (Å²) < 4.78 is 38.2. The second-order valence-corrected chi connectivity index (χ2v) is 4.56. The molecular formula is C14H16F3N3. The van der Waals surface area contributed by atoms with Crippen molar-refractivity contribution in [3.05, 3.63) is 41.6 Å². The summed E-state index contributed by atoms with van der Waals surface area (Å²) in [6.45, 7) is 0.854. The summed E-state index contributed by atoms with van der Waals surface area (Å²) in [5.41, 5.74) is 1.45. The fourth-order valence-electron chi connectivity index (χ4n) is 2.06. The van der Waals surface area contributed by atoms with Gasteiger partial charge in [0, 0.05) is 5.56 Å². The molecule has 2 aromatic rings. The summed E-state index contributed by atoms with van der Waals surface area (Å²) in [5, 5.41) is 9.77. The summed E-state index contributed by atoms with van der Waals surface area (Å²) in [4.78, 5) is 0. The average Bonchev–Trinajstić information content (AvgIpc) is 2.87. The number of benzene rings is 1. The molecule has 0 aliphatic carbocycles. The fourth-order valence-corrected chi connectivity index (χ4v) is 2.06. The Labute approximate surface area is 115 Å². The van der Waals surface area contributed by atoms with Gasteiger partial charge in [-0.1, -0.05) is 12.1 Å². The number of aromatic amines is 1. The van der Waals surface area contributed by atoms with Crippen molar-refractivity contribution < 1.29 is 13.2 Å². The quantitative estimate of drug-likeness (QED) is 0.827. The fraction of sp³-hybridized carbons (Fsp3) is 0.357. The molecule has 0 aliphatic heterocycles. The van der Waals surface area contributed by atoms with Crippen molar-refractivity contribution in [1.29, 1.82) is 0 Å². The monoisotopic (exact) mass is 283 g/mol. The molecule has 20 heavy (non-hydrogen) atoms. The Kier molecular flexibility index (Phi) is 4.44. The average molecular weight is 283 g/mol. The number of hydrogen-bond donors (Lipinski definition) is 2. The first-order valence-electron chi connectivity index (χ1n) is 6.37. The number of rotatable bonds is 5. The maximum Gasteiger partial charge on any atom is 0.416 e. The standard InChI is InChI=1S/C14H16F3N3/c1-18-7-3-5-11-9-19-20-13(11)10-4-2-6-12(8-10)14(15,16)17/h2,4,6,8-9,18H,3,5,7H2,1H3,(H,19,20). The molecule has 0 bridgehead atoms. The molecule has 2 rings (SSSR count). The van der Waals surface area contributed by atoms with Crippen molar-refractivity contribution in [3.63, 3.8) is 0 Å². The topological polar surface area (TPSA) is 40.7 Å². The zero-order valence-electron chi connectivity index (χ0n) is 11.1. The molecule has 0 saturated heterocycles. The highest BCUT2D eigenvalue weighted by atomic mass is 19.4. The van der Waals surface area contributed by atoms with Gasteiger partial charge in [-0.15, -0.1) is 0 Å². The molecule has 0 aliphatic rings. The lowest BCUT2D eigenvalue weighted by molar-refractivity contribution is -0.137. The summed E-state index contributed by atoms with van der Waals surface area (Å²) >= 11 is 0. The van der Waals surface area contributed by atoms with Gasteiger partial charge < -0.3 is 5.32 Å². The zero-order valence-corrected chi connectivity index (χ0v) is 11.1. The number of alkyl halides is 3. The second kappa shape index (κ2) is 6.09. The minimum absolute atomic E-state index is 0.511. The van der Waals surface area contributed by atoms with E-state index in [1.165, 1.54) is 6.07 Å². The third-order valence-corrected chi connectivity index (χ3v) is 3.07. The first kappa shape index (κ1) is 14.6. The van der Waals surface area contributed by atoms with Gasteiger partial charge in [0.15, 0.2) is 0 Å². The van der Waals surface area contributed by atoms with E-state index in [1.807, 2.05) is 7.05 Å². The molecule has 0 amide bonds. The third-order valence-electron chi connectivity index (χ3n) is 3.07. The highest BCUT2D eigenvalue weighted by Crippen LogP contribution is 2.32. The third kappa shape index (κ3) is 3.39. The van der Waals surface area contributed by atoms with Crippen molar-refractivity contribution >= 4 is 0 Å². The Hall–Kier alpha value is -1.82. The van der Waals surface area contributed by atoms with Gasteiger partial charge >= 0.3 is 6.18 Å². The van der Waals surface area contributed by atoms with E-state index in [4.69, 9.17) is 0 Å². The minimum atomic E-state index is -4.33. The molecule has 0 unspecified atom stereocenters. The van der Waals surface area contributed by atoms with E-state index in [-0.39, 0.29) is 0 Å². The van der Waals surface area contributed by atoms with Crippen LogP contribution in [-0.4, -0.2) is 23.8 Å². The van der Waals surface area contributed by atoms with Crippen molar-refractivity contribution in [2.24, 2.45) is 0 Å². The molecular weight excluding hydrogens is 267 g/mol. The Morgan fingerprint density at radius 1 is 1.30 bits per heavy atom. The molecule has 1 aromatic carbocycles. The van der Waals surface area contributed by atoms with Crippen LogP contribution in [0.5, 0.6) is 0 Å². The molecule has 0 radical (unpaired) electrons. The van der Waals surface area contributed by atoms with Gasteiger partial charge in [-0.25, -0.2) is 0 Å². The Morgan fingerprint density at radius 3 is 2.80 bits per heavy atom. The van der Waals surface area contributed by atoms with E-state index >= 15 is 0 Å². The summed E-state index contributed by atoms with van der Waals surface area (Å²) in [5.74, 6) is 0. The van der Waals surface area contributed by atoms with E-state index in [2.05, 4.69) is 15.5 Å². The molecule has 3 nitrogen and oxygen atoms in total. The van der Waals surface area contributed by atoms with Crippen LogP contribution >= 0.6 is 0 Å². The SMILES string of the molecule is CNCCCc1cn[nH]c1-c1cccc(C(F)(F)F)c1. The van der Waals surface area contributed by atoms with Crippen molar-refractivity contribution in [3.8, 4) is 11.3 Å². The van der Waals surface area contributed by atoms with Gasteiger partial charge in [0.25, 0.3) is 0 Å². The first-order chi connectivity index (χ1) is 9.52. The van der Waals surface area contributed by atoms with Crippen LogP contribution in [0.2, 0.25) is 0 Å². The van der Waals surface area contributed by atoms with Gasteiger partial charge in [0.05, 0.1) is 17.5 Å². The lowest BCUT2D eigenvalue weighted by Gasteiger charge is -2.09. The summed E-state index contributed by atoms with van der Waals surface area (Å²) in [6.07, 6.45) is -0.988. The molecule has 0 fully saturated rings. The minimum Gasteiger partial charge on any atom is -0.320 e. The zero-order chi connectivity index (χ0) is 14.6. The van der Waals surface area contributed by atoms with E-state index in [9.17, 15) is 13.2 Å². The van der Waals surface area contributed by atoms with Crippen LogP contribution in [-0.2, 0) is 12.6 Å². The predicted molar refractivity (Wildman–Crippen MR) is 71.3 cm³/mol. The predicted octanol–water partition coefficient (Wildman–Crippen LogP) is 3.25. The van der Waals surface area contributed by atoms with Crippen LogP contribution < -0.4 is 5.32 Å². The van der Waals surface area contributed by atoms with Crippen LogP contribution in [0, 0.1) is 0 Å².